The van der Waals surface area contributed by atoms with Crippen LogP contribution in [0.4, 0.5) is 0 Å². The highest BCUT2D eigenvalue weighted by Crippen LogP contribution is 2.33. The summed E-state index contributed by atoms with van der Waals surface area (Å²) in [6.45, 7) is 0. The van der Waals surface area contributed by atoms with Gasteiger partial charge in [0.1, 0.15) is 0 Å². The van der Waals surface area contributed by atoms with Crippen molar-refractivity contribution < 1.29 is 0 Å². The molecule has 1 aliphatic carbocycles. The highest BCUT2D eigenvalue weighted by atomic mass is 127. The molecule has 0 aliphatic heterocycles. The van der Waals surface area contributed by atoms with Crippen molar-refractivity contribution in [3.8, 4) is 11.1 Å². The summed E-state index contributed by atoms with van der Waals surface area (Å²) in [4.78, 5) is 0. The van der Waals surface area contributed by atoms with Crippen molar-refractivity contribution in [2.45, 2.75) is 12.8 Å². The Bertz CT molecular complexity index is 514. The van der Waals surface area contributed by atoms with Crippen molar-refractivity contribution in [2.75, 3.05) is 0 Å². The summed E-state index contributed by atoms with van der Waals surface area (Å²) in [6.07, 6.45) is 2.50. The van der Waals surface area contributed by atoms with Crippen LogP contribution in [0.15, 0.2) is 42.5 Å². The molecule has 0 radical (unpaired) electrons. The Kier molecular flexibility index (Phi) is 2.28. The first-order valence-electron chi connectivity index (χ1n) is 5.21. The van der Waals surface area contributed by atoms with E-state index < -0.39 is 0 Å². The van der Waals surface area contributed by atoms with Crippen molar-refractivity contribution in [1.82, 2.24) is 0 Å². The number of benzene rings is 2. The van der Waals surface area contributed by atoms with Gasteiger partial charge in [-0.2, -0.15) is 0 Å². The van der Waals surface area contributed by atoms with Crippen LogP contribution in [0.3, 0.4) is 0 Å². The maximum Gasteiger partial charge on any atom is 0.0136 e. The first kappa shape index (κ1) is 9.40. The first-order chi connectivity index (χ1) is 7.34. The Hall–Kier alpha value is -0.830. The third kappa shape index (κ3) is 1.59. The van der Waals surface area contributed by atoms with E-state index in [2.05, 4.69) is 65.1 Å². The lowest BCUT2D eigenvalue weighted by Gasteiger charge is -2.22. The minimum absolute atomic E-state index is 1.25. The van der Waals surface area contributed by atoms with Crippen molar-refractivity contribution in [2.24, 2.45) is 0 Å². The molecule has 1 aliphatic rings. The summed E-state index contributed by atoms with van der Waals surface area (Å²) < 4.78 is 1.31. The zero-order chi connectivity index (χ0) is 10.3. The molecule has 15 heavy (non-hydrogen) atoms. The van der Waals surface area contributed by atoms with E-state index in [9.17, 15) is 0 Å². The number of hydrogen-bond acceptors (Lipinski definition) is 0. The van der Waals surface area contributed by atoms with E-state index in [1.165, 1.54) is 33.1 Å². The van der Waals surface area contributed by atoms with Gasteiger partial charge in [-0.05, 0) is 69.8 Å². The molecule has 0 bridgehead atoms. The Morgan fingerprint density at radius 3 is 2.53 bits per heavy atom. The highest BCUT2D eigenvalue weighted by molar-refractivity contribution is 14.1. The number of halogens is 1. The molecule has 0 aromatic heterocycles. The molecule has 0 saturated heterocycles. The molecule has 0 nitrogen and oxygen atoms in total. The molecule has 0 saturated carbocycles. The van der Waals surface area contributed by atoms with Gasteiger partial charge in [0.05, 0.1) is 0 Å². The van der Waals surface area contributed by atoms with Crippen LogP contribution in [0.2, 0.25) is 0 Å². The van der Waals surface area contributed by atoms with Crippen molar-refractivity contribution in [1.29, 1.82) is 0 Å². The molecule has 0 spiro atoms. The molecule has 74 valence electrons. The number of hydrogen-bond donors (Lipinski definition) is 0. The summed E-state index contributed by atoms with van der Waals surface area (Å²) in [5.41, 5.74) is 5.88. The lowest BCUT2D eigenvalue weighted by Crippen LogP contribution is -2.09. The van der Waals surface area contributed by atoms with Crippen LogP contribution in [0.1, 0.15) is 11.1 Å². The molecular formula is C14H11I. The number of fused-ring (bicyclic) bond motifs is 1. The summed E-state index contributed by atoms with van der Waals surface area (Å²) >= 11 is 2.37. The van der Waals surface area contributed by atoms with E-state index in [4.69, 9.17) is 0 Å². The van der Waals surface area contributed by atoms with Crippen LogP contribution in [0.5, 0.6) is 0 Å². The summed E-state index contributed by atoms with van der Waals surface area (Å²) in [5, 5.41) is 0. The second-order valence-electron chi connectivity index (χ2n) is 3.95. The van der Waals surface area contributed by atoms with Gasteiger partial charge in [0, 0.05) is 3.57 Å². The van der Waals surface area contributed by atoms with Gasteiger partial charge in [-0.25, -0.2) is 0 Å². The fourth-order valence-electron chi connectivity index (χ4n) is 2.17. The van der Waals surface area contributed by atoms with Crippen LogP contribution < -0.4 is 0 Å². The highest BCUT2D eigenvalue weighted by Gasteiger charge is 2.16. The third-order valence-corrected chi connectivity index (χ3v) is 3.72. The molecule has 0 unspecified atom stereocenters. The van der Waals surface area contributed by atoms with Gasteiger partial charge in [0.25, 0.3) is 0 Å². The van der Waals surface area contributed by atoms with Crippen LogP contribution in [0.25, 0.3) is 11.1 Å². The molecular weight excluding hydrogens is 295 g/mol. The lowest BCUT2D eigenvalue weighted by atomic mass is 9.83. The van der Waals surface area contributed by atoms with E-state index in [1.807, 2.05) is 0 Å². The Morgan fingerprint density at radius 1 is 0.933 bits per heavy atom. The Balaban J connectivity index is 2.17. The molecule has 0 fully saturated rings. The summed E-state index contributed by atoms with van der Waals surface area (Å²) in [7, 11) is 0. The predicted molar refractivity (Wildman–Crippen MR) is 72.0 cm³/mol. The zero-order valence-corrected chi connectivity index (χ0v) is 10.5. The van der Waals surface area contributed by atoms with Crippen molar-refractivity contribution >= 4 is 22.6 Å². The van der Waals surface area contributed by atoms with Gasteiger partial charge in [-0.15, -0.1) is 0 Å². The maximum absolute atomic E-state index is 2.37. The number of rotatable bonds is 1. The third-order valence-electron chi connectivity index (χ3n) is 3.05. The summed E-state index contributed by atoms with van der Waals surface area (Å²) in [6, 6.07) is 15.4. The smallest absolute Gasteiger partial charge is 0.0136 e. The summed E-state index contributed by atoms with van der Waals surface area (Å²) in [5.74, 6) is 0. The van der Waals surface area contributed by atoms with Crippen LogP contribution in [0, 0.1) is 3.57 Å². The Morgan fingerprint density at radius 2 is 1.80 bits per heavy atom. The van der Waals surface area contributed by atoms with Gasteiger partial charge in [0.2, 0.25) is 0 Å². The van der Waals surface area contributed by atoms with Gasteiger partial charge in [-0.1, -0.05) is 30.3 Å². The van der Waals surface area contributed by atoms with Crippen LogP contribution in [-0.4, -0.2) is 0 Å². The average Bonchev–Trinajstić information content (AvgIpc) is 2.19. The van der Waals surface area contributed by atoms with Gasteiger partial charge in [0.15, 0.2) is 0 Å². The number of aryl methyl sites for hydroxylation is 1. The maximum atomic E-state index is 2.37. The monoisotopic (exact) mass is 306 g/mol. The molecule has 0 N–H and O–H groups in total. The molecule has 2 aromatic carbocycles. The van der Waals surface area contributed by atoms with Gasteiger partial charge < -0.3 is 0 Å². The van der Waals surface area contributed by atoms with Crippen molar-refractivity contribution in [3.05, 3.63) is 57.2 Å². The minimum Gasteiger partial charge on any atom is -0.0614 e. The molecule has 2 aromatic rings. The first-order valence-corrected chi connectivity index (χ1v) is 6.29. The lowest BCUT2D eigenvalue weighted by molar-refractivity contribution is 0.842. The fraction of sp³-hybridized carbons (Fsp3) is 0.143. The van der Waals surface area contributed by atoms with E-state index in [0.29, 0.717) is 0 Å². The normalized spacial score (nSPS) is 13.1. The molecule has 0 atom stereocenters. The topological polar surface area (TPSA) is 0 Å². The van der Waals surface area contributed by atoms with Crippen LogP contribution in [-0.2, 0) is 12.8 Å². The van der Waals surface area contributed by atoms with E-state index in [-0.39, 0.29) is 0 Å². The molecule has 0 amide bonds. The Labute approximate surface area is 103 Å². The minimum atomic E-state index is 1.25. The largest absolute Gasteiger partial charge is 0.0614 e. The zero-order valence-electron chi connectivity index (χ0n) is 8.33. The molecule has 1 heteroatoms. The second kappa shape index (κ2) is 3.63. The van der Waals surface area contributed by atoms with E-state index in [1.54, 1.807) is 5.56 Å². The van der Waals surface area contributed by atoms with E-state index >= 15 is 0 Å². The van der Waals surface area contributed by atoms with Gasteiger partial charge >= 0.3 is 0 Å². The van der Waals surface area contributed by atoms with Crippen LogP contribution >= 0.6 is 22.6 Å². The quantitative estimate of drug-likeness (QED) is 0.697. The fourth-order valence-corrected chi connectivity index (χ4v) is 2.72. The standard InChI is InChI=1S/C14H11I/c15-12-5-1-4-11(9-12)13-6-2-3-10-7-8-14(10)13/h1-6,9H,7-8H2. The molecule has 3 rings (SSSR count). The van der Waals surface area contributed by atoms with Crippen molar-refractivity contribution in [3.63, 3.8) is 0 Å². The average molecular weight is 306 g/mol. The van der Waals surface area contributed by atoms with Gasteiger partial charge in [-0.3, -0.25) is 0 Å². The molecule has 0 heterocycles. The SMILES string of the molecule is Ic1cccc(-c2cccc3c2CC3)c1. The second-order valence-corrected chi connectivity index (χ2v) is 5.20. The van der Waals surface area contributed by atoms with E-state index in [0.717, 1.165) is 0 Å². The predicted octanol–water partition coefficient (Wildman–Crippen LogP) is 4.06.